The van der Waals surface area contributed by atoms with Crippen molar-refractivity contribution >= 4 is 34.2 Å². The lowest BCUT2D eigenvalue weighted by atomic mass is 9.97. The van der Waals surface area contributed by atoms with Crippen LogP contribution in [0.15, 0.2) is 66.9 Å². The number of alkyl halides is 3. The summed E-state index contributed by atoms with van der Waals surface area (Å²) in [6, 6.07) is 23.2. The maximum Gasteiger partial charge on any atom is 0.490 e. The van der Waals surface area contributed by atoms with Gasteiger partial charge < -0.3 is 24.8 Å². The van der Waals surface area contributed by atoms with E-state index in [4.69, 9.17) is 9.90 Å². The summed E-state index contributed by atoms with van der Waals surface area (Å²) in [5, 5.41) is 17.8. The second-order valence-corrected chi connectivity index (χ2v) is 12.3. The number of rotatable bonds is 5. The fraction of sp³-hybridized carbons (Fsp3) is 0.361. The monoisotopic (exact) mass is 660 g/mol. The standard InChI is InChI=1S/C34H38N6O.C2HF3O2/c1-24-18-25(2)31(20-29(24)23-37-12-14-38(15-13-37)33-7-5-4-6-28(33)21-35)34(41)40-17-16-39(22-26(40)3)30-8-9-32-27(19-30)10-11-36-32;3-2(4,5)1(6)7/h4-11,18-20,26,36H,12-17,22-23H2,1-3H3;(H,6,7)/t26-;/m0./s1. The van der Waals surface area contributed by atoms with E-state index in [1.807, 2.05) is 30.5 Å². The minimum atomic E-state index is -5.08. The van der Waals surface area contributed by atoms with Crippen molar-refractivity contribution in [3.63, 3.8) is 0 Å². The highest BCUT2D eigenvalue weighted by atomic mass is 19.4. The molecule has 1 atom stereocenters. The van der Waals surface area contributed by atoms with Crippen molar-refractivity contribution in [2.75, 3.05) is 55.6 Å². The van der Waals surface area contributed by atoms with Crippen molar-refractivity contribution in [1.29, 1.82) is 5.26 Å². The highest BCUT2D eigenvalue weighted by Crippen LogP contribution is 2.27. The second kappa shape index (κ2) is 14.4. The van der Waals surface area contributed by atoms with Crippen molar-refractivity contribution in [3.05, 3.63) is 94.7 Å². The first-order chi connectivity index (χ1) is 22.8. The van der Waals surface area contributed by atoms with Gasteiger partial charge >= 0.3 is 12.1 Å². The van der Waals surface area contributed by atoms with Crippen molar-refractivity contribution in [2.45, 2.75) is 39.5 Å². The van der Waals surface area contributed by atoms with E-state index in [1.54, 1.807) is 0 Å². The van der Waals surface area contributed by atoms with E-state index >= 15 is 0 Å². The molecule has 2 fully saturated rings. The van der Waals surface area contributed by atoms with Gasteiger partial charge in [0.1, 0.15) is 6.07 Å². The summed E-state index contributed by atoms with van der Waals surface area (Å²) in [5.41, 5.74) is 8.42. The molecule has 0 saturated carbocycles. The number of amides is 1. The molecule has 9 nitrogen and oxygen atoms in total. The number of carboxylic acids is 1. The molecule has 12 heteroatoms. The molecule has 3 aromatic carbocycles. The molecule has 0 radical (unpaired) electrons. The van der Waals surface area contributed by atoms with Crippen molar-refractivity contribution in [1.82, 2.24) is 14.8 Å². The van der Waals surface area contributed by atoms with Gasteiger partial charge in [0, 0.05) is 86.8 Å². The Labute approximate surface area is 277 Å². The predicted molar refractivity (Wildman–Crippen MR) is 179 cm³/mol. The predicted octanol–water partition coefficient (Wildman–Crippen LogP) is 5.96. The lowest BCUT2D eigenvalue weighted by Crippen LogP contribution is -2.54. The number of para-hydroxylation sites is 1. The Balaban J connectivity index is 0.000000582. The third-order valence-corrected chi connectivity index (χ3v) is 9.08. The fourth-order valence-corrected chi connectivity index (χ4v) is 6.42. The normalized spacial score (nSPS) is 17.1. The van der Waals surface area contributed by atoms with E-state index in [9.17, 15) is 23.2 Å². The Morgan fingerprint density at radius 3 is 2.29 bits per heavy atom. The van der Waals surface area contributed by atoms with Crippen LogP contribution < -0.4 is 9.80 Å². The van der Waals surface area contributed by atoms with Crippen molar-refractivity contribution < 1.29 is 27.9 Å². The van der Waals surface area contributed by atoms with Gasteiger partial charge in [0.15, 0.2) is 0 Å². The van der Waals surface area contributed by atoms with Crippen LogP contribution in [0.25, 0.3) is 10.9 Å². The van der Waals surface area contributed by atoms with Crippen LogP contribution in [0.3, 0.4) is 0 Å². The van der Waals surface area contributed by atoms with Crippen LogP contribution in [0.4, 0.5) is 24.5 Å². The summed E-state index contributed by atoms with van der Waals surface area (Å²) in [6.07, 6.45) is -3.11. The number of carbonyl (C=O) groups excluding carboxylic acids is 1. The van der Waals surface area contributed by atoms with E-state index in [0.717, 1.165) is 73.7 Å². The third kappa shape index (κ3) is 7.74. The van der Waals surface area contributed by atoms with Crippen LogP contribution in [0.5, 0.6) is 0 Å². The average molecular weight is 661 g/mol. The molecular weight excluding hydrogens is 621 g/mol. The van der Waals surface area contributed by atoms with E-state index in [0.29, 0.717) is 6.54 Å². The molecule has 2 saturated heterocycles. The summed E-state index contributed by atoms with van der Waals surface area (Å²) in [7, 11) is 0. The van der Waals surface area contributed by atoms with Gasteiger partial charge in [-0.05, 0) is 79.9 Å². The zero-order valence-electron chi connectivity index (χ0n) is 27.2. The average Bonchev–Trinajstić information content (AvgIpc) is 3.54. The molecule has 2 aliphatic heterocycles. The van der Waals surface area contributed by atoms with Gasteiger partial charge in [0.2, 0.25) is 0 Å². The molecule has 48 heavy (non-hydrogen) atoms. The number of aryl methyl sites for hydroxylation is 2. The SMILES string of the molecule is Cc1cc(C)c(C(=O)N2CCN(c3ccc4[nH]ccc4c3)C[C@@H]2C)cc1CN1CCN(c2ccccc2C#N)CC1.O=C(O)C(F)(F)F. The first kappa shape index (κ1) is 34.3. The highest BCUT2D eigenvalue weighted by molar-refractivity contribution is 5.96. The minimum absolute atomic E-state index is 0.117. The zero-order chi connectivity index (χ0) is 34.6. The Bertz CT molecular complexity index is 1820. The molecule has 0 aliphatic carbocycles. The number of nitrogens with zero attached hydrogens (tertiary/aromatic N) is 5. The van der Waals surface area contributed by atoms with Crippen LogP contribution >= 0.6 is 0 Å². The largest absolute Gasteiger partial charge is 0.490 e. The number of nitriles is 1. The van der Waals surface area contributed by atoms with Gasteiger partial charge in [-0.2, -0.15) is 18.4 Å². The van der Waals surface area contributed by atoms with Gasteiger partial charge in [0.25, 0.3) is 5.91 Å². The van der Waals surface area contributed by atoms with Crippen LogP contribution in [-0.2, 0) is 11.3 Å². The second-order valence-electron chi connectivity index (χ2n) is 12.3. The Morgan fingerprint density at radius 1 is 0.938 bits per heavy atom. The number of halogens is 3. The van der Waals surface area contributed by atoms with Crippen molar-refractivity contribution in [3.8, 4) is 6.07 Å². The number of carbonyl (C=O) groups is 2. The molecule has 0 unspecified atom stereocenters. The van der Waals surface area contributed by atoms with Crippen LogP contribution in [-0.4, -0.2) is 89.8 Å². The number of aromatic amines is 1. The minimum Gasteiger partial charge on any atom is -0.475 e. The number of benzene rings is 3. The molecule has 1 aromatic heterocycles. The molecule has 6 rings (SSSR count). The molecule has 4 aromatic rings. The number of hydrogen-bond acceptors (Lipinski definition) is 6. The molecule has 0 bridgehead atoms. The van der Waals surface area contributed by atoms with Gasteiger partial charge in [-0.15, -0.1) is 0 Å². The molecule has 2 aliphatic rings. The molecular formula is C36H39F3N6O3. The van der Waals surface area contributed by atoms with Crippen LogP contribution in [0.2, 0.25) is 0 Å². The smallest absolute Gasteiger partial charge is 0.475 e. The van der Waals surface area contributed by atoms with Crippen molar-refractivity contribution in [2.24, 2.45) is 0 Å². The summed E-state index contributed by atoms with van der Waals surface area (Å²) in [5.74, 6) is -2.62. The van der Waals surface area contributed by atoms with E-state index in [2.05, 4.69) is 87.8 Å². The maximum atomic E-state index is 13.9. The summed E-state index contributed by atoms with van der Waals surface area (Å²) in [4.78, 5) is 35.3. The number of aromatic nitrogens is 1. The highest BCUT2D eigenvalue weighted by Gasteiger charge is 2.38. The number of anilines is 2. The molecule has 1 amide bonds. The van der Waals surface area contributed by atoms with Gasteiger partial charge in [-0.1, -0.05) is 18.2 Å². The third-order valence-electron chi connectivity index (χ3n) is 9.08. The molecule has 2 N–H and O–H groups in total. The first-order valence-corrected chi connectivity index (χ1v) is 15.9. The topological polar surface area (TPSA) is 107 Å². The maximum absolute atomic E-state index is 13.9. The zero-order valence-corrected chi connectivity index (χ0v) is 27.2. The summed E-state index contributed by atoms with van der Waals surface area (Å²) < 4.78 is 31.7. The number of nitrogens with one attached hydrogen (secondary N) is 1. The Hall–Kier alpha value is -5.02. The van der Waals surface area contributed by atoms with Crippen LogP contribution in [0, 0.1) is 25.2 Å². The van der Waals surface area contributed by atoms with E-state index in [-0.39, 0.29) is 11.9 Å². The summed E-state index contributed by atoms with van der Waals surface area (Å²) in [6.45, 7) is 13.2. The van der Waals surface area contributed by atoms with Gasteiger partial charge in [-0.3, -0.25) is 9.69 Å². The number of piperazine rings is 2. The fourth-order valence-electron chi connectivity index (χ4n) is 6.42. The molecule has 252 valence electrons. The lowest BCUT2D eigenvalue weighted by molar-refractivity contribution is -0.192. The number of H-pyrrole nitrogens is 1. The number of fused-ring (bicyclic) bond motifs is 1. The van der Waals surface area contributed by atoms with E-state index in [1.165, 1.54) is 22.2 Å². The van der Waals surface area contributed by atoms with Gasteiger partial charge in [0.05, 0.1) is 11.3 Å². The molecule has 3 heterocycles. The quantitative estimate of drug-likeness (QED) is 0.272. The number of hydrogen-bond donors (Lipinski definition) is 2. The number of carboxylic acid groups (broad SMARTS) is 1. The Morgan fingerprint density at radius 2 is 1.62 bits per heavy atom. The summed E-state index contributed by atoms with van der Waals surface area (Å²) >= 11 is 0. The van der Waals surface area contributed by atoms with Crippen LogP contribution in [0.1, 0.15) is 39.5 Å². The van der Waals surface area contributed by atoms with E-state index < -0.39 is 12.1 Å². The lowest BCUT2D eigenvalue weighted by Gasteiger charge is -2.41. The van der Waals surface area contributed by atoms with Gasteiger partial charge in [-0.25, -0.2) is 4.79 Å². The first-order valence-electron chi connectivity index (χ1n) is 15.9. The Kier molecular flexibility index (Phi) is 10.3. The number of aliphatic carboxylic acids is 1. The molecule has 0 spiro atoms.